The molecule has 0 radical (unpaired) electrons. The van der Waals surface area contributed by atoms with Crippen molar-refractivity contribution in [1.29, 1.82) is 0 Å². The normalized spacial score (nSPS) is 23.3. The Morgan fingerprint density at radius 3 is 2.52 bits per heavy atom. The summed E-state index contributed by atoms with van der Waals surface area (Å²) in [6.45, 7) is 4.23. The molecule has 1 aliphatic heterocycles. The highest BCUT2D eigenvalue weighted by molar-refractivity contribution is 7.90. The topological polar surface area (TPSA) is 92.8 Å². The predicted octanol–water partition coefficient (Wildman–Crippen LogP) is 3.47. The van der Waals surface area contributed by atoms with E-state index in [4.69, 9.17) is 4.74 Å². The van der Waals surface area contributed by atoms with Crippen molar-refractivity contribution in [3.8, 4) is 0 Å². The van der Waals surface area contributed by atoms with Gasteiger partial charge in [-0.15, -0.1) is 0 Å². The molecule has 3 unspecified atom stereocenters. The number of carbonyl (C=O) groups is 2. The standard InChI is InChI=1S/C24H35NO5S/c1-4-8-19(13-18-11-7-12-20(14-18)31(3,28)29)23(27)25-21(15-17-9-5-6-10-17)22(26)24(2)16-30-24/h7,11-12,14,17,19,21H,4-6,8-10,13,15-16H2,1-3H3,(H,25,27). The number of benzene rings is 1. The predicted molar refractivity (Wildman–Crippen MR) is 120 cm³/mol. The Balaban J connectivity index is 1.73. The number of ketones is 1. The summed E-state index contributed by atoms with van der Waals surface area (Å²) < 4.78 is 29.1. The quantitative estimate of drug-likeness (QED) is 0.522. The van der Waals surface area contributed by atoms with Crippen LogP contribution in [0.1, 0.15) is 64.4 Å². The maximum atomic E-state index is 13.2. The SMILES string of the molecule is CCCC(Cc1cccc(S(C)(=O)=O)c1)C(=O)NC(CC1CCCC1)C(=O)C1(C)CO1. The van der Waals surface area contributed by atoms with Crippen LogP contribution in [0.3, 0.4) is 0 Å². The van der Waals surface area contributed by atoms with Crippen molar-refractivity contribution in [3.63, 3.8) is 0 Å². The van der Waals surface area contributed by atoms with Crippen molar-refractivity contribution in [1.82, 2.24) is 5.32 Å². The Labute approximate surface area is 186 Å². The minimum Gasteiger partial charge on any atom is -0.361 e. The van der Waals surface area contributed by atoms with E-state index in [1.54, 1.807) is 25.1 Å². The first-order valence-corrected chi connectivity index (χ1v) is 13.3. The third kappa shape index (κ3) is 6.39. The molecule has 0 aromatic heterocycles. The molecule has 1 saturated heterocycles. The maximum absolute atomic E-state index is 13.2. The van der Waals surface area contributed by atoms with Crippen LogP contribution in [0.15, 0.2) is 29.2 Å². The van der Waals surface area contributed by atoms with E-state index in [0.29, 0.717) is 31.8 Å². The number of Topliss-reactive ketones (excluding diaryl/α,β-unsaturated/α-hetero) is 1. The number of rotatable bonds is 11. The van der Waals surface area contributed by atoms with Gasteiger partial charge in [-0.25, -0.2) is 8.42 Å². The molecule has 172 valence electrons. The Kier molecular flexibility index (Phi) is 7.58. The molecule has 0 bridgehead atoms. The fourth-order valence-corrected chi connectivity index (χ4v) is 5.27. The number of sulfone groups is 1. The largest absolute Gasteiger partial charge is 0.361 e. The van der Waals surface area contributed by atoms with E-state index in [0.717, 1.165) is 24.8 Å². The molecule has 1 aromatic carbocycles. The molecule has 2 aliphatic rings. The van der Waals surface area contributed by atoms with Gasteiger partial charge in [-0.3, -0.25) is 9.59 Å². The summed E-state index contributed by atoms with van der Waals surface area (Å²) in [6.07, 6.45) is 8.38. The average molecular weight is 450 g/mol. The van der Waals surface area contributed by atoms with Gasteiger partial charge in [-0.1, -0.05) is 51.2 Å². The van der Waals surface area contributed by atoms with Gasteiger partial charge >= 0.3 is 0 Å². The smallest absolute Gasteiger partial charge is 0.224 e. The highest BCUT2D eigenvalue weighted by Crippen LogP contribution is 2.33. The van der Waals surface area contributed by atoms with Crippen molar-refractivity contribution < 1.29 is 22.7 Å². The lowest BCUT2D eigenvalue weighted by Gasteiger charge is -2.25. The fourth-order valence-electron chi connectivity index (χ4n) is 4.58. The van der Waals surface area contributed by atoms with Crippen LogP contribution < -0.4 is 5.32 Å². The molecule has 6 nitrogen and oxygen atoms in total. The minimum absolute atomic E-state index is 0.0259. The molecule has 31 heavy (non-hydrogen) atoms. The van der Waals surface area contributed by atoms with Gasteiger partial charge < -0.3 is 10.1 Å². The summed E-state index contributed by atoms with van der Waals surface area (Å²) in [5.74, 6) is -0.00596. The lowest BCUT2D eigenvalue weighted by molar-refractivity contribution is -0.132. The summed E-state index contributed by atoms with van der Waals surface area (Å²) in [5, 5.41) is 3.05. The number of amides is 1. The highest BCUT2D eigenvalue weighted by Gasteiger charge is 2.50. The zero-order chi connectivity index (χ0) is 22.6. The van der Waals surface area contributed by atoms with Crippen LogP contribution in [0.25, 0.3) is 0 Å². The van der Waals surface area contributed by atoms with Gasteiger partial charge in [0.15, 0.2) is 15.6 Å². The lowest BCUT2D eigenvalue weighted by Crippen LogP contribution is -2.49. The van der Waals surface area contributed by atoms with E-state index in [1.807, 2.05) is 13.0 Å². The third-order valence-electron chi connectivity index (χ3n) is 6.59. The monoisotopic (exact) mass is 449 g/mol. The Bertz CT molecular complexity index is 900. The van der Waals surface area contributed by atoms with Crippen molar-refractivity contribution in [3.05, 3.63) is 29.8 Å². The van der Waals surface area contributed by atoms with Gasteiger partial charge in [-0.05, 0) is 49.8 Å². The van der Waals surface area contributed by atoms with Gasteiger partial charge in [0, 0.05) is 12.2 Å². The van der Waals surface area contributed by atoms with E-state index in [-0.39, 0.29) is 22.5 Å². The first-order valence-electron chi connectivity index (χ1n) is 11.4. The fraction of sp³-hybridized carbons (Fsp3) is 0.667. The summed E-state index contributed by atoms with van der Waals surface area (Å²) in [6, 6.07) is 6.26. The average Bonchev–Trinajstić information content (AvgIpc) is 3.26. The van der Waals surface area contributed by atoms with Crippen LogP contribution in [0.5, 0.6) is 0 Å². The van der Waals surface area contributed by atoms with E-state index in [2.05, 4.69) is 5.32 Å². The van der Waals surface area contributed by atoms with Gasteiger partial charge in [0.1, 0.15) is 5.60 Å². The second kappa shape index (κ2) is 9.82. The molecule has 3 rings (SSSR count). The van der Waals surface area contributed by atoms with Crippen LogP contribution in [0.2, 0.25) is 0 Å². The molecule has 2 fully saturated rings. The highest BCUT2D eigenvalue weighted by atomic mass is 32.2. The Morgan fingerprint density at radius 2 is 1.94 bits per heavy atom. The van der Waals surface area contributed by atoms with E-state index < -0.39 is 21.5 Å². The Morgan fingerprint density at radius 1 is 1.26 bits per heavy atom. The van der Waals surface area contributed by atoms with Crippen LogP contribution >= 0.6 is 0 Å². The molecule has 1 heterocycles. The first-order chi connectivity index (χ1) is 14.6. The van der Waals surface area contributed by atoms with Crippen LogP contribution in [-0.4, -0.2) is 44.6 Å². The molecular formula is C24H35NO5S. The van der Waals surface area contributed by atoms with Gasteiger partial charge in [0.2, 0.25) is 5.91 Å². The third-order valence-corrected chi connectivity index (χ3v) is 7.70. The van der Waals surface area contributed by atoms with E-state index in [9.17, 15) is 18.0 Å². The van der Waals surface area contributed by atoms with Crippen LogP contribution in [0.4, 0.5) is 0 Å². The second-order valence-corrected chi connectivity index (χ2v) is 11.5. The van der Waals surface area contributed by atoms with Crippen molar-refractivity contribution in [2.45, 2.75) is 81.8 Å². The van der Waals surface area contributed by atoms with Crippen molar-refractivity contribution in [2.75, 3.05) is 12.9 Å². The molecule has 1 aliphatic carbocycles. The summed E-state index contributed by atoms with van der Waals surface area (Å²) >= 11 is 0. The molecule has 1 N–H and O–H groups in total. The molecule has 1 amide bonds. The Hall–Kier alpha value is -1.73. The first kappa shape index (κ1) is 23.9. The molecule has 1 aromatic rings. The zero-order valence-corrected chi connectivity index (χ0v) is 19.7. The van der Waals surface area contributed by atoms with Crippen LogP contribution in [-0.2, 0) is 30.6 Å². The molecule has 0 spiro atoms. The van der Waals surface area contributed by atoms with Gasteiger partial charge in [0.05, 0.1) is 17.5 Å². The number of hydrogen-bond donors (Lipinski definition) is 1. The second-order valence-electron chi connectivity index (χ2n) is 9.44. The molecule has 7 heteroatoms. The zero-order valence-electron chi connectivity index (χ0n) is 18.9. The minimum atomic E-state index is -3.31. The maximum Gasteiger partial charge on any atom is 0.224 e. The molecule has 1 saturated carbocycles. The molecular weight excluding hydrogens is 414 g/mol. The van der Waals surface area contributed by atoms with Crippen LogP contribution in [0, 0.1) is 11.8 Å². The van der Waals surface area contributed by atoms with Gasteiger partial charge in [0.25, 0.3) is 0 Å². The lowest BCUT2D eigenvalue weighted by atomic mass is 9.89. The number of ether oxygens (including phenoxy) is 1. The molecule has 3 atom stereocenters. The number of epoxide rings is 1. The van der Waals surface area contributed by atoms with E-state index in [1.165, 1.54) is 19.1 Å². The summed E-state index contributed by atoms with van der Waals surface area (Å²) in [5.41, 5.74) is 0.0494. The summed E-state index contributed by atoms with van der Waals surface area (Å²) in [7, 11) is -3.31. The number of carbonyl (C=O) groups excluding carboxylic acids is 2. The number of nitrogens with one attached hydrogen (secondary N) is 1. The van der Waals surface area contributed by atoms with E-state index >= 15 is 0 Å². The van der Waals surface area contributed by atoms with Gasteiger partial charge in [-0.2, -0.15) is 0 Å². The van der Waals surface area contributed by atoms with Crippen molar-refractivity contribution in [2.24, 2.45) is 11.8 Å². The van der Waals surface area contributed by atoms with Crippen molar-refractivity contribution >= 4 is 21.5 Å². The number of hydrogen-bond acceptors (Lipinski definition) is 5. The summed E-state index contributed by atoms with van der Waals surface area (Å²) in [4.78, 5) is 26.5.